The van der Waals surface area contributed by atoms with Crippen LogP contribution in [-0.2, 0) is 9.59 Å². The molecule has 3 amide bonds. The average molecular weight is 285 g/mol. The van der Waals surface area contributed by atoms with Crippen LogP contribution in [0.25, 0.3) is 0 Å². The molecule has 0 aromatic heterocycles. The molecule has 0 aliphatic carbocycles. The molecule has 0 radical (unpaired) electrons. The SMILES string of the molecule is CC1C(=O)NC(=O)CN1C(=O)c1cccc(F)c1Cl. The average Bonchev–Trinajstić information content (AvgIpc) is 2.36. The van der Waals surface area contributed by atoms with Gasteiger partial charge >= 0.3 is 0 Å². The number of benzene rings is 1. The molecule has 0 spiro atoms. The summed E-state index contributed by atoms with van der Waals surface area (Å²) in [6.45, 7) is 1.21. The second-order valence-corrected chi connectivity index (χ2v) is 4.50. The molecule has 1 heterocycles. The Kier molecular flexibility index (Phi) is 3.53. The zero-order chi connectivity index (χ0) is 14.2. The molecule has 1 atom stereocenters. The van der Waals surface area contributed by atoms with Crippen molar-refractivity contribution in [1.29, 1.82) is 0 Å². The van der Waals surface area contributed by atoms with Gasteiger partial charge in [-0.15, -0.1) is 0 Å². The van der Waals surface area contributed by atoms with Gasteiger partial charge in [0.2, 0.25) is 11.8 Å². The standard InChI is InChI=1S/C12H10ClFN2O3/c1-6-11(18)15-9(17)5-16(6)12(19)7-3-2-4-8(14)10(7)13/h2-4,6H,5H2,1H3,(H,15,17,18). The maximum Gasteiger partial charge on any atom is 0.256 e. The maximum atomic E-state index is 13.3. The summed E-state index contributed by atoms with van der Waals surface area (Å²) in [6.07, 6.45) is 0. The number of amides is 3. The number of halogens is 2. The second kappa shape index (κ2) is 4.97. The highest BCUT2D eigenvalue weighted by atomic mass is 35.5. The molecular weight excluding hydrogens is 275 g/mol. The molecule has 7 heteroatoms. The van der Waals surface area contributed by atoms with Gasteiger partial charge < -0.3 is 4.90 Å². The fourth-order valence-electron chi connectivity index (χ4n) is 1.79. The van der Waals surface area contributed by atoms with Crippen LogP contribution in [0, 0.1) is 5.82 Å². The number of hydrogen-bond acceptors (Lipinski definition) is 3. The Labute approximate surface area is 113 Å². The minimum atomic E-state index is -0.815. The Balaban J connectivity index is 2.35. The minimum absolute atomic E-state index is 0.0731. The molecule has 1 aliphatic heterocycles. The number of piperazine rings is 1. The summed E-state index contributed by atoms with van der Waals surface area (Å²) >= 11 is 5.72. The highest BCUT2D eigenvalue weighted by Gasteiger charge is 2.34. The molecule has 1 aromatic rings. The smallest absolute Gasteiger partial charge is 0.256 e. The van der Waals surface area contributed by atoms with Crippen molar-refractivity contribution in [3.63, 3.8) is 0 Å². The van der Waals surface area contributed by atoms with Crippen LogP contribution in [-0.4, -0.2) is 35.2 Å². The first-order valence-electron chi connectivity index (χ1n) is 5.50. The Morgan fingerprint density at radius 3 is 2.84 bits per heavy atom. The molecule has 1 N–H and O–H groups in total. The molecule has 5 nitrogen and oxygen atoms in total. The zero-order valence-electron chi connectivity index (χ0n) is 9.94. The van der Waals surface area contributed by atoms with Crippen molar-refractivity contribution in [2.45, 2.75) is 13.0 Å². The van der Waals surface area contributed by atoms with E-state index in [2.05, 4.69) is 5.32 Å². The number of hydrogen-bond donors (Lipinski definition) is 1. The first-order chi connectivity index (χ1) is 8.91. The van der Waals surface area contributed by atoms with E-state index in [1.807, 2.05) is 0 Å². The van der Waals surface area contributed by atoms with E-state index in [0.717, 1.165) is 11.0 Å². The fourth-order valence-corrected chi connectivity index (χ4v) is 1.99. The highest BCUT2D eigenvalue weighted by molar-refractivity contribution is 6.34. The number of carbonyl (C=O) groups is 3. The minimum Gasteiger partial charge on any atom is -0.318 e. The highest BCUT2D eigenvalue weighted by Crippen LogP contribution is 2.22. The van der Waals surface area contributed by atoms with Crippen molar-refractivity contribution < 1.29 is 18.8 Å². The van der Waals surface area contributed by atoms with Gasteiger partial charge in [0.05, 0.1) is 10.6 Å². The third-order valence-corrected chi connectivity index (χ3v) is 3.25. The lowest BCUT2D eigenvalue weighted by Crippen LogP contribution is -2.58. The van der Waals surface area contributed by atoms with Crippen LogP contribution in [0.5, 0.6) is 0 Å². The van der Waals surface area contributed by atoms with Gasteiger partial charge in [0.15, 0.2) is 0 Å². The van der Waals surface area contributed by atoms with Crippen molar-refractivity contribution in [2.75, 3.05) is 6.54 Å². The number of rotatable bonds is 1. The molecule has 1 aliphatic rings. The number of nitrogens with one attached hydrogen (secondary N) is 1. The van der Waals surface area contributed by atoms with Crippen molar-refractivity contribution in [3.05, 3.63) is 34.6 Å². The van der Waals surface area contributed by atoms with Gasteiger partial charge in [-0.05, 0) is 19.1 Å². The predicted octanol–water partition coefficient (Wildman–Crippen LogP) is 0.966. The van der Waals surface area contributed by atoms with Crippen molar-refractivity contribution in [2.24, 2.45) is 0 Å². The van der Waals surface area contributed by atoms with E-state index < -0.39 is 29.6 Å². The van der Waals surface area contributed by atoms with Gasteiger partial charge in [-0.25, -0.2) is 4.39 Å². The topological polar surface area (TPSA) is 66.5 Å². The third kappa shape index (κ3) is 2.44. The molecule has 1 saturated heterocycles. The molecule has 2 rings (SSSR count). The quantitative estimate of drug-likeness (QED) is 0.781. The molecule has 0 bridgehead atoms. The summed E-state index contributed by atoms with van der Waals surface area (Å²) in [6, 6.07) is 2.99. The van der Waals surface area contributed by atoms with Crippen LogP contribution in [0.4, 0.5) is 4.39 Å². The van der Waals surface area contributed by atoms with Gasteiger partial charge in [-0.2, -0.15) is 0 Å². The number of nitrogens with zero attached hydrogens (tertiary/aromatic N) is 1. The lowest BCUT2D eigenvalue weighted by atomic mass is 10.1. The van der Waals surface area contributed by atoms with E-state index >= 15 is 0 Å². The van der Waals surface area contributed by atoms with Crippen molar-refractivity contribution >= 4 is 29.3 Å². The maximum absolute atomic E-state index is 13.3. The first-order valence-corrected chi connectivity index (χ1v) is 5.88. The Hall–Kier alpha value is -1.95. The van der Waals surface area contributed by atoms with Gasteiger partial charge in [-0.3, -0.25) is 19.7 Å². The van der Waals surface area contributed by atoms with Crippen LogP contribution >= 0.6 is 11.6 Å². The van der Waals surface area contributed by atoms with E-state index in [1.54, 1.807) is 0 Å². The molecule has 1 fully saturated rings. The van der Waals surface area contributed by atoms with Gasteiger partial charge in [-0.1, -0.05) is 17.7 Å². The van der Waals surface area contributed by atoms with Crippen LogP contribution in [0.15, 0.2) is 18.2 Å². The van der Waals surface area contributed by atoms with E-state index in [-0.39, 0.29) is 17.1 Å². The Morgan fingerprint density at radius 1 is 1.47 bits per heavy atom. The van der Waals surface area contributed by atoms with Gasteiger partial charge in [0, 0.05) is 0 Å². The van der Waals surface area contributed by atoms with E-state index in [0.29, 0.717) is 0 Å². The lowest BCUT2D eigenvalue weighted by molar-refractivity contribution is -0.138. The van der Waals surface area contributed by atoms with Crippen LogP contribution in [0.1, 0.15) is 17.3 Å². The summed E-state index contributed by atoms with van der Waals surface area (Å²) in [4.78, 5) is 36.0. The van der Waals surface area contributed by atoms with E-state index in [9.17, 15) is 18.8 Å². The van der Waals surface area contributed by atoms with Gasteiger partial charge in [0.25, 0.3) is 5.91 Å². The molecule has 100 valence electrons. The van der Waals surface area contributed by atoms with Crippen LogP contribution < -0.4 is 5.32 Å². The van der Waals surface area contributed by atoms with E-state index in [4.69, 9.17) is 11.6 Å². The Morgan fingerprint density at radius 2 is 2.16 bits per heavy atom. The largest absolute Gasteiger partial charge is 0.318 e. The van der Waals surface area contributed by atoms with Crippen LogP contribution in [0.2, 0.25) is 5.02 Å². The summed E-state index contributed by atoms with van der Waals surface area (Å²) in [5.41, 5.74) is -0.0731. The van der Waals surface area contributed by atoms with E-state index in [1.165, 1.54) is 19.1 Å². The zero-order valence-corrected chi connectivity index (χ0v) is 10.7. The molecule has 0 saturated carbocycles. The van der Waals surface area contributed by atoms with Crippen molar-refractivity contribution in [1.82, 2.24) is 10.2 Å². The summed E-state index contributed by atoms with van der Waals surface area (Å²) in [5, 5.41) is 1.79. The van der Waals surface area contributed by atoms with Crippen molar-refractivity contribution in [3.8, 4) is 0 Å². The number of carbonyl (C=O) groups excluding carboxylic acids is 3. The number of imide groups is 1. The molecule has 1 aromatic carbocycles. The second-order valence-electron chi connectivity index (χ2n) is 4.12. The predicted molar refractivity (Wildman–Crippen MR) is 65.1 cm³/mol. The Bertz CT molecular complexity index is 576. The fraction of sp³-hybridized carbons (Fsp3) is 0.250. The molecule has 1 unspecified atom stereocenters. The molecule has 19 heavy (non-hydrogen) atoms. The summed E-state index contributed by atoms with van der Waals surface area (Å²) < 4.78 is 13.3. The lowest BCUT2D eigenvalue weighted by Gasteiger charge is -2.31. The molecular formula is C12H10ClFN2O3. The third-order valence-electron chi connectivity index (χ3n) is 2.87. The normalized spacial score (nSPS) is 19.3. The summed E-state index contributed by atoms with van der Waals surface area (Å²) in [7, 11) is 0. The van der Waals surface area contributed by atoms with Crippen LogP contribution in [0.3, 0.4) is 0 Å². The summed E-state index contributed by atoms with van der Waals surface area (Å²) in [5.74, 6) is -2.53. The monoisotopic (exact) mass is 284 g/mol. The first kappa shape index (κ1) is 13.5. The van der Waals surface area contributed by atoms with Gasteiger partial charge in [0.1, 0.15) is 18.4 Å².